The summed E-state index contributed by atoms with van der Waals surface area (Å²) in [6.07, 6.45) is 1.88. The molecule has 1 heterocycles. The van der Waals surface area contributed by atoms with Gasteiger partial charge in [-0.2, -0.15) is 0 Å². The van der Waals surface area contributed by atoms with Crippen LogP contribution in [0.15, 0.2) is 78.9 Å². The molecule has 1 aliphatic rings. The van der Waals surface area contributed by atoms with Gasteiger partial charge in [-0.25, -0.2) is 0 Å². The van der Waals surface area contributed by atoms with Gasteiger partial charge in [-0.15, -0.1) is 0 Å². The second kappa shape index (κ2) is 10.1. The Bertz CT molecular complexity index is 931. The number of hydrogen-bond donors (Lipinski definition) is 1. The molecule has 0 unspecified atom stereocenters. The molecule has 0 aliphatic carbocycles. The quantitative estimate of drug-likeness (QED) is 0.592. The third-order valence-corrected chi connectivity index (χ3v) is 5.49. The van der Waals surface area contributed by atoms with Gasteiger partial charge in [-0.3, -0.25) is 4.79 Å². The highest BCUT2D eigenvalue weighted by molar-refractivity contribution is 5.94. The molecule has 1 fully saturated rings. The van der Waals surface area contributed by atoms with Gasteiger partial charge in [0.25, 0.3) is 5.91 Å². The van der Waals surface area contributed by atoms with Gasteiger partial charge in [-0.05, 0) is 53.8 Å². The fourth-order valence-electron chi connectivity index (χ4n) is 3.74. The van der Waals surface area contributed by atoms with Crippen LogP contribution in [0, 0.1) is 0 Å². The number of morpholine rings is 1. The zero-order valence-corrected chi connectivity index (χ0v) is 17.2. The largest absolute Gasteiger partial charge is 0.378 e. The fourth-order valence-corrected chi connectivity index (χ4v) is 3.74. The summed E-state index contributed by atoms with van der Waals surface area (Å²) in [4.78, 5) is 14.8. The van der Waals surface area contributed by atoms with Crippen molar-refractivity contribution in [3.05, 3.63) is 90.0 Å². The van der Waals surface area contributed by atoms with Crippen molar-refractivity contribution in [3.8, 4) is 11.1 Å². The molecule has 0 atom stereocenters. The maximum atomic E-state index is 12.4. The Morgan fingerprint density at radius 3 is 2.20 bits per heavy atom. The number of aryl methyl sites for hydroxylation is 1. The molecule has 0 spiro atoms. The first-order chi connectivity index (χ1) is 14.8. The van der Waals surface area contributed by atoms with Crippen LogP contribution in [-0.4, -0.2) is 38.8 Å². The maximum Gasteiger partial charge on any atom is 0.251 e. The van der Waals surface area contributed by atoms with Crippen molar-refractivity contribution in [2.75, 3.05) is 37.7 Å². The number of ether oxygens (including phenoxy) is 1. The van der Waals surface area contributed by atoms with E-state index < -0.39 is 0 Å². The summed E-state index contributed by atoms with van der Waals surface area (Å²) < 4.78 is 5.41. The highest BCUT2D eigenvalue weighted by Crippen LogP contribution is 2.19. The van der Waals surface area contributed by atoms with Crippen LogP contribution >= 0.6 is 0 Å². The van der Waals surface area contributed by atoms with Crippen molar-refractivity contribution in [3.63, 3.8) is 0 Å². The number of nitrogens with zero attached hydrogens (tertiary/aromatic N) is 1. The lowest BCUT2D eigenvalue weighted by atomic mass is 10.0. The molecule has 1 amide bonds. The summed E-state index contributed by atoms with van der Waals surface area (Å²) in [5, 5.41) is 3.03. The highest BCUT2D eigenvalue weighted by atomic mass is 16.5. The van der Waals surface area contributed by atoms with E-state index in [0.29, 0.717) is 12.1 Å². The molecule has 4 nitrogen and oxygen atoms in total. The van der Waals surface area contributed by atoms with Crippen molar-refractivity contribution in [2.24, 2.45) is 0 Å². The fraction of sp³-hybridized carbons (Fsp3) is 0.269. The van der Waals surface area contributed by atoms with Crippen LogP contribution in [0.3, 0.4) is 0 Å². The third kappa shape index (κ3) is 5.28. The lowest BCUT2D eigenvalue weighted by molar-refractivity contribution is 0.0953. The predicted molar refractivity (Wildman–Crippen MR) is 122 cm³/mol. The topological polar surface area (TPSA) is 41.6 Å². The van der Waals surface area contributed by atoms with Gasteiger partial charge < -0.3 is 15.0 Å². The minimum Gasteiger partial charge on any atom is -0.378 e. The van der Waals surface area contributed by atoms with E-state index >= 15 is 0 Å². The number of hydrogen-bond acceptors (Lipinski definition) is 3. The number of anilines is 1. The monoisotopic (exact) mass is 400 g/mol. The number of carbonyl (C=O) groups excluding carboxylic acids is 1. The van der Waals surface area contributed by atoms with Gasteiger partial charge in [0.05, 0.1) is 13.2 Å². The Hall–Kier alpha value is -3.11. The first-order valence-electron chi connectivity index (χ1n) is 10.6. The first kappa shape index (κ1) is 20.2. The van der Waals surface area contributed by atoms with Crippen LogP contribution in [0.4, 0.5) is 5.69 Å². The molecule has 4 heteroatoms. The molecular formula is C26H28N2O2. The van der Waals surface area contributed by atoms with E-state index in [1.807, 2.05) is 42.5 Å². The predicted octanol–water partition coefficient (Wildman–Crippen LogP) is 4.55. The molecule has 1 aliphatic heterocycles. The van der Waals surface area contributed by atoms with Gasteiger partial charge in [0, 0.05) is 30.9 Å². The van der Waals surface area contributed by atoms with E-state index in [2.05, 4.69) is 46.6 Å². The smallest absolute Gasteiger partial charge is 0.251 e. The average molecular weight is 401 g/mol. The Morgan fingerprint density at radius 2 is 1.50 bits per heavy atom. The SMILES string of the molecule is O=C(NCCCc1ccc(N2CCOCC2)cc1)c1ccc(-c2ccccc2)cc1. The standard InChI is InChI=1S/C26H28N2O2/c29-26(24-12-10-23(11-13-24)22-6-2-1-3-7-22)27-16-4-5-21-8-14-25(15-9-21)28-17-19-30-20-18-28/h1-3,6-15H,4-5,16-20H2,(H,27,29). The van der Waals surface area contributed by atoms with E-state index in [1.54, 1.807) is 0 Å². The van der Waals surface area contributed by atoms with Crippen molar-refractivity contribution in [1.82, 2.24) is 5.32 Å². The van der Waals surface area contributed by atoms with Crippen molar-refractivity contribution >= 4 is 11.6 Å². The van der Waals surface area contributed by atoms with E-state index in [4.69, 9.17) is 4.74 Å². The number of carbonyl (C=O) groups is 1. The first-order valence-corrected chi connectivity index (χ1v) is 10.6. The Labute approximate surface area is 178 Å². The molecule has 1 N–H and O–H groups in total. The second-order valence-electron chi connectivity index (χ2n) is 7.57. The third-order valence-electron chi connectivity index (χ3n) is 5.49. The van der Waals surface area contributed by atoms with E-state index in [0.717, 1.165) is 50.3 Å². The Kier molecular flexibility index (Phi) is 6.78. The Balaban J connectivity index is 1.22. The minimum absolute atomic E-state index is 0.0164. The van der Waals surface area contributed by atoms with Crippen molar-refractivity contribution < 1.29 is 9.53 Å². The summed E-state index contributed by atoms with van der Waals surface area (Å²) in [5.74, 6) is -0.0164. The summed E-state index contributed by atoms with van der Waals surface area (Å²) in [5.41, 5.74) is 5.53. The van der Waals surface area contributed by atoms with Crippen molar-refractivity contribution in [1.29, 1.82) is 0 Å². The minimum atomic E-state index is -0.0164. The summed E-state index contributed by atoms with van der Waals surface area (Å²) in [6.45, 7) is 4.19. The number of amides is 1. The summed E-state index contributed by atoms with van der Waals surface area (Å²) >= 11 is 0. The molecule has 4 rings (SSSR count). The lowest BCUT2D eigenvalue weighted by Crippen LogP contribution is -2.36. The van der Waals surface area contributed by atoms with Gasteiger partial charge in [0.1, 0.15) is 0 Å². The molecule has 1 saturated heterocycles. The van der Waals surface area contributed by atoms with Gasteiger partial charge >= 0.3 is 0 Å². The zero-order valence-electron chi connectivity index (χ0n) is 17.2. The summed E-state index contributed by atoms with van der Waals surface area (Å²) in [7, 11) is 0. The number of nitrogens with one attached hydrogen (secondary N) is 1. The number of rotatable bonds is 7. The van der Waals surface area contributed by atoms with Crippen LogP contribution in [0.2, 0.25) is 0 Å². The molecule has 3 aromatic rings. The highest BCUT2D eigenvalue weighted by Gasteiger charge is 2.11. The molecule has 0 bridgehead atoms. The van der Waals surface area contributed by atoms with E-state index in [-0.39, 0.29) is 5.91 Å². The van der Waals surface area contributed by atoms with E-state index in [9.17, 15) is 4.79 Å². The summed E-state index contributed by atoms with van der Waals surface area (Å²) in [6, 6.07) is 26.7. The lowest BCUT2D eigenvalue weighted by Gasteiger charge is -2.28. The molecule has 0 radical (unpaired) electrons. The maximum absolute atomic E-state index is 12.4. The van der Waals surface area contributed by atoms with Crippen LogP contribution in [0.25, 0.3) is 11.1 Å². The van der Waals surface area contributed by atoms with Crippen LogP contribution in [0.5, 0.6) is 0 Å². The van der Waals surface area contributed by atoms with Gasteiger partial charge in [0.2, 0.25) is 0 Å². The molecule has 30 heavy (non-hydrogen) atoms. The van der Waals surface area contributed by atoms with Crippen molar-refractivity contribution in [2.45, 2.75) is 12.8 Å². The zero-order chi connectivity index (χ0) is 20.6. The molecular weight excluding hydrogens is 372 g/mol. The molecule has 0 aromatic heterocycles. The second-order valence-corrected chi connectivity index (χ2v) is 7.57. The van der Waals surface area contributed by atoms with Crippen LogP contribution in [0.1, 0.15) is 22.3 Å². The van der Waals surface area contributed by atoms with Crippen LogP contribution in [-0.2, 0) is 11.2 Å². The van der Waals surface area contributed by atoms with Gasteiger partial charge in [0.15, 0.2) is 0 Å². The van der Waals surface area contributed by atoms with Gasteiger partial charge in [-0.1, -0.05) is 54.6 Å². The van der Waals surface area contributed by atoms with Crippen LogP contribution < -0.4 is 10.2 Å². The molecule has 3 aromatic carbocycles. The van der Waals surface area contributed by atoms with E-state index in [1.165, 1.54) is 11.3 Å². The molecule has 0 saturated carbocycles. The normalized spacial score (nSPS) is 13.8. The number of benzene rings is 3. The Morgan fingerprint density at radius 1 is 0.833 bits per heavy atom. The molecule has 154 valence electrons. The average Bonchev–Trinajstić information content (AvgIpc) is 2.83.